The molecular formula is C16H16N2O3S. The van der Waals surface area contributed by atoms with Crippen molar-refractivity contribution in [1.82, 2.24) is 0 Å². The highest BCUT2D eigenvalue weighted by molar-refractivity contribution is 7.12. The van der Waals surface area contributed by atoms with E-state index in [0.29, 0.717) is 22.9 Å². The molecule has 6 heteroatoms. The van der Waals surface area contributed by atoms with Crippen LogP contribution in [0.1, 0.15) is 22.5 Å². The van der Waals surface area contributed by atoms with Gasteiger partial charge in [-0.1, -0.05) is 12.1 Å². The number of rotatable bonds is 4. The van der Waals surface area contributed by atoms with E-state index in [1.807, 2.05) is 11.4 Å². The van der Waals surface area contributed by atoms with Crippen LogP contribution in [0.2, 0.25) is 0 Å². The number of amides is 2. The van der Waals surface area contributed by atoms with Crippen molar-refractivity contribution in [2.75, 3.05) is 17.2 Å². The molecule has 5 nitrogen and oxygen atoms in total. The second-order valence-corrected chi connectivity index (χ2v) is 5.95. The van der Waals surface area contributed by atoms with Crippen LogP contribution in [0.15, 0.2) is 41.8 Å². The Labute approximate surface area is 132 Å². The van der Waals surface area contributed by atoms with Gasteiger partial charge in [0.2, 0.25) is 0 Å². The Morgan fingerprint density at radius 2 is 1.95 bits per heavy atom. The van der Waals surface area contributed by atoms with Gasteiger partial charge in [0.05, 0.1) is 4.88 Å². The van der Waals surface area contributed by atoms with E-state index in [-0.39, 0.29) is 17.9 Å². The third-order valence-electron chi connectivity index (χ3n) is 3.36. The number of carbonyl (C=O) groups excluding carboxylic acids is 2. The summed E-state index contributed by atoms with van der Waals surface area (Å²) in [5.74, 6) is -0.295. The van der Waals surface area contributed by atoms with E-state index >= 15 is 0 Å². The van der Waals surface area contributed by atoms with Crippen molar-refractivity contribution in [2.24, 2.45) is 0 Å². The number of hydrogen-bond acceptors (Lipinski definition) is 4. The fourth-order valence-electron chi connectivity index (χ4n) is 2.28. The number of benzene rings is 1. The first-order chi connectivity index (χ1) is 10.7. The summed E-state index contributed by atoms with van der Waals surface area (Å²) in [6.45, 7) is 0.634. The van der Waals surface area contributed by atoms with Crippen molar-refractivity contribution in [2.45, 2.75) is 18.9 Å². The molecule has 2 amide bonds. The summed E-state index contributed by atoms with van der Waals surface area (Å²) >= 11 is 1.38. The van der Waals surface area contributed by atoms with E-state index in [1.165, 1.54) is 11.3 Å². The van der Waals surface area contributed by atoms with Crippen LogP contribution in [0, 0.1) is 0 Å². The topological polar surface area (TPSA) is 67.4 Å². The van der Waals surface area contributed by atoms with Crippen LogP contribution in [0.5, 0.6) is 0 Å². The van der Waals surface area contributed by atoms with E-state index in [4.69, 9.17) is 4.74 Å². The first-order valence-corrected chi connectivity index (χ1v) is 7.98. The number of ether oxygens (including phenoxy) is 1. The van der Waals surface area contributed by atoms with E-state index < -0.39 is 0 Å². The van der Waals surface area contributed by atoms with Gasteiger partial charge >= 0.3 is 0 Å². The first kappa shape index (κ1) is 14.7. The van der Waals surface area contributed by atoms with Gasteiger partial charge in [0.25, 0.3) is 11.8 Å². The van der Waals surface area contributed by atoms with Gasteiger partial charge in [-0.3, -0.25) is 9.59 Å². The zero-order chi connectivity index (χ0) is 15.4. The molecule has 0 bridgehead atoms. The molecule has 1 fully saturated rings. The highest BCUT2D eigenvalue weighted by Crippen LogP contribution is 2.19. The van der Waals surface area contributed by atoms with Gasteiger partial charge < -0.3 is 15.4 Å². The summed E-state index contributed by atoms with van der Waals surface area (Å²) in [6.07, 6.45) is 1.29. The summed E-state index contributed by atoms with van der Waals surface area (Å²) < 4.78 is 5.35. The third-order valence-corrected chi connectivity index (χ3v) is 4.22. The SMILES string of the molecule is O=C(Nc1cccc(NC(=O)[C@@H]2CCCO2)c1)c1cccs1. The number of hydrogen-bond donors (Lipinski definition) is 2. The largest absolute Gasteiger partial charge is 0.368 e. The van der Waals surface area contributed by atoms with Crippen molar-refractivity contribution in [3.05, 3.63) is 46.7 Å². The zero-order valence-electron chi connectivity index (χ0n) is 11.9. The van der Waals surface area contributed by atoms with Gasteiger partial charge in [-0.25, -0.2) is 0 Å². The Morgan fingerprint density at radius 3 is 2.64 bits per heavy atom. The molecule has 1 aromatic carbocycles. The van der Waals surface area contributed by atoms with Crippen LogP contribution in [0.3, 0.4) is 0 Å². The maximum absolute atomic E-state index is 12.0. The fraction of sp³-hybridized carbons (Fsp3) is 0.250. The van der Waals surface area contributed by atoms with Crippen molar-refractivity contribution >= 4 is 34.5 Å². The zero-order valence-corrected chi connectivity index (χ0v) is 12.7. The summed E-state index contributed by atoms with van der Waals surface area (Å²) in [5.41, 5.74) is 1.29. The van der Waals surface area contributed by atoms with Gasteiger partial charge in [-0.2, -0.15) is 0 Å². The van der Waals surface area contributed by atoms with Crippen molar-refractivity contribution in [3.63, 3.8) is 0 Å². The lowest BCUT2D eigenvalue weighted by Crippen LogP contribution is -2.26. The summed E-state index contributed by atoms with van der Waals surface area (Å²) in [4.78, 5) is 24.7. The van der Waals surface area contributed by atoms with Crippen LogP contribution < -0.4 is 10.6 Å². The first-order valence-electron chi connectivity index (χ1n) is 7.10. The Hall–Kier alpha value is -2.18. The molecule has 22 heavy (non-hydrogen) atoms. The third kappa shape index (κ3) is 3.52. The quantitative estimate of drug-likeness (QED) is 0.910. The normalized spacial score (nSPS) is 17.2. The van der Waals surface area contributed by atoms with E-state index in [1.54, 1.807) is 30.3 Å². The molecule has 2 N–H and O–H groups in total. The van der Waals surface area contributed by atoms with E-state index in [2.05, 4.69) is 10.6 Å². The number of anilines is 2. The molecule has 114 valence electrons. The highest BCUT2D eigenvalue weighted by Gasteiger charge is 2.23. The van der Waals surface area contributed by atoms with Gasteiger partial charge in [0, 0.05) is 18.0 Å². The standard InChI is InChI=1S/C16H16N2O3S/c19-15(13-6-2-8-21-13)17-11-4-1-5-12(10-11)18-16(20)14-7-3-9-22-14/h1,3-5,7,9-10,13H,2,6,8H2,(H,17,19)(H,18,20)/t13-/m0/s1. The maximum atomic E-state index is 12.0. The number of nitrogens with one attached hydrogen (secondary N) is 2. The fourth-order valence-corrected chi connectivity index (χ4v) is 2.90. The molecule has 1 aromatic heterocycles. The minimum Gasteiger partial charge on any atom is -0.368 e. The monoisotopic (exact) mass is 316 g/mol. The van der Waals surface area contributed by atoms with Crippen LogP contribution in [0.25, 0.3) is 0 Å². The molecule has 0 radical (unpaired) electrons. The molecule has 0 spiro atoms. The molecule has 1 aliphatic rings. The molecule has 0 aliphatic carbocycles. The summed E-state index contributed by atoms with van der Waals surface area (Å²) in [5, 5.41) is 7.49. The van der Waals surface area contributed by atoms with Gasteiger partial charge in [-0.05, 0) is 42.5 Å². The Balaban J connectivity index is 1.64. The lowest BCUT2D eigenvalue weighted by molar-refractivity contribution is -0.124. The smallest absolute Gasteiger partial charge is 0.265 e. The molecule has 0 unspecified atom stereocenters. The Morgan fingerprint density at radius 1 is 1.14 bits per heavy atom. The van der Waals surface area contributed by atoms with Crippen LogP contribution in [-0.4, -0.2) is 24.5 Å². The molecule has 2 aromatic rings. The number of carbonyl (C=O) groups is 2. The Bertz CT molecular complexity index is 664. The van der Waals surface area contributed by atoms with Crippen molar-refractivity contribution in [3.8, 4) is 0 Å². The second-order valence-electron chi connectivity index (χ2n) is 5.00. The van der Waals surface area contributed by atoms with Gasteiger partial charge in [-0.15, -0.1) is 11.3 Å². The van der Waals surface area contributed by atoms with E-state index in [0.717, 1.165) is 12.8 Å². The predicted molar refractivity (Wildman–Crippen MR) is 86.3 cm³/mol. The van der Waals surface area contributed by atoms with Gasteiger partial charge in [0.1, 0.15) is 6.10 Å². The average molecular weight is 316 g/mol. The molecular weight excluding hydrogens is 300 g/mol. The molecule has 1 aliphatic heterocycles. The molecule has 2 heterocycles. The van der Waals surface area contributed by atoms with Crippen LogP contribution >= 0.6 is 11.3 Å². The van der Waals surface area contributed by atoms with Crippen molar-refractivity contribution < 1.29 is 14.3 Å². The summed E-state index contributed by atoms with van der Waals surface area (Å²) in [7, 11) is 0. The maximum Gasteiger partial charge on any atom is 0.265 e. The molecule has 1 saturated heterocycles. The lowest BCUT2D eigenvalue weighted by atomic mass is 10.2. The Kier molecular flexibility index (Phi) is 4.50. The van der Waals surface area contributed by atoms with E-state index in [9.17, 15) is 9.59 Å². The lowest BCUT2D eigenvalue weighted by Gasteiger charge is -2.11. The second kappa shape index (κ2) is 6.72. The molecule has 3 rings (SSSR count). The minimum absolute atomic E-state index is 0.140. The van der Waals surface area contributed by atoms with Crippen molar-refractivity contribution in [1.29, 1.82) is 0 Å². The summed E-state index contributed by atoms with van der Waals surface area (Å²) in [6, 6.07) is 10.7. The van der Waals surface area contributed by atoms with Gasteiger partial charge in [0.15, 0.2) is 0 Å². The highest BCUT2D eigenvalue weighted by atomic mass is 32.1. The number of thiophene rings is 1. The van der Waals surface area contributed by atoms with Crippen LogP contribution in [0.4, 0.5) is 11.4 Å². The minimum atomic E-state index is -0.371. The average Bonchev–Trinajstić information content (AvgIpc) is 3.21. The molecule has 1 atom stereocenters. The van der Waals surface area contributed by atoms with Crippen LogP contribution in [-0.2, 0) is 9.53 Å². The predicted octanol–water partition coefficient (Wildman–Crippen LogP) is 3.12. The molecule has 0 saturated carbocycles.